The highest BCUT2D eigenvalue weighted by Gasteiger charge is 2.34. The number of nitrogens with one attached hydrogen (secondary N) is 1. The number of nitrogens with zero attached hydrogens (tertiary/aromatic N) is 2. The predicted octanol–water partition coefficient (Wildman–Crippen LogP) is 0.380. The van der Waals surface area contributed by atoms with E-state index in [1.807, 2.05) is 12.1 Å². The Hall–Kier alpha value is -1.50. The van der Waals surface area contributed by atoms with Crippen molar-refractivity contribution in [3.05, 3.63) is 29.6 Å². The molecule has 2 fully saturated rings. The third kappa shape index (κ3) is 3.14. The van der Waals surface area contributed by atoms with Crippen LogP contribution in [-0.4, -0.2) is 66.4 Å². The number of aromatic nitrogens is 1. The maximum Gasteiger partial charge on any atom is 0.252 e. The van der Waals surface area contributed by atoms with Gasteiger partial charge >= 0.3 is 0 Å². The van der Waals surface area contributed by atoms with E-state index in [4.69, 9.17) is 4.74 Å². The highest BCUT2D eigenvalue weighted by atomic mass is 16.5. The lowest BCUT2D eigenvalue weighted by Gasteiger charge is -2.36. The van der Waals surface area contributed by atoms with Gasteiger partial charge in [0.05, 0.1) is 30.9 Å². The van der Waals surface area contributed by atoms with E-state index in [2.05, 4.69) is 15.2 Å². The van der Waals surface area contributed by atoms with Crippen molar-refractivity contribution in [3.8, 4) is 0 Å². The second-order valence-electron chi connectivity index (χ2n) is 6.03. The molecule has 2 N–H and O–H groups in total. The first kappa shape index (κ1) is 15.4. The Balaban J connectivity index is 1.58. The average Bonchev–Trinajstić information content (AvgIpc) is 3.00. The van der Waals surface area contributed by atoms with Crippen molar-refractivity contribution in [2.45, 2.75) is 30.9 Å². The number of rotatable bonds is 3. The lowest BCUT2D eigenvalue weighted by Crippen LogP contribution is -2.46. The fourth-order valence-electron chi connectivity index (χ4n) is 3.33. The van der Waals surface area contributed by atoms with Gasteiger partial charge in [-0.1, -0.05) is 0 Å². The van der Waals surface area contributed by atoms with E-state index >= 15 is 0 Å². The molecule has 0 bridgehead atoms. The van der Waals surface area contributed by atoms with Crippen molar-refractivity contribution in [1.29, 1.82) is 0 Å². The zero-order chi connectivity index (χ0) is 15.5. The van der Waals surface area contributed by atoms with Crippen LogP contribution in [0, 0.1) is 0 Å². The van der Waals surface area contributed by atoms with Crippen LogP contribution in [0.1, 0.15) is 34.8 Å². The maximum atomic E-state index is 11.5. The molecule has 1 aromatic rings. The molecule has 0 aliphatic carbocycles. The smallest absolute Gasteiger partial charge is 0.252 e. The first-order valence-electron chi connectivity index (χ1n) is 7.87. The highest BCUT2D eigenvalue weighted by Crippen LogP contribution is 2.29. The quantitative estimate of drug-likeness (QED) is 0.844. The Kier molecular flexibility index (Phi) is 4.71. The molecule has 120 valence electrons. The largest absolute Gasteiger partial charge is 0.389 e. The second kappa shape index (κ2) is 6.73. The number of ether oxygens (including phenoxy) is 1. The number of pyridine rings is 1. The first-order chi connectivity index (χ1) is 10.7. The molecule has 0 spiro atoms. The number of hydrogen-bond acceptors (Lipinski definition) is 5. The zero-order valence-corrected chi connectivity index (χ0v) is 12.9. The molecular weight excluding hydrogens is 282 g/mol. The monoisotopic (exact) mass is 305 g/mol. The van der Waals surface area contributed by atoms with Gasteiger partial charge in [0.1, 0.15) is 0 Å². The molecule has 22 heavy (non-hydrogen) atoms. The Morgan fingerprint density at radius 2 is 2.14 bits per heavy atom. The Labute approximate surface area is 130 Å². The molecule has 2 saturated heterocycles. The van der Waals surface area contributed by atoms with Gasteiger partial charge in [0.2, 0.25) is 0 Å². The molecule has 3 heterocycles. The van der Waals surface area contributed by atoms with Crippen molar-refractivity contribution < 1.29 is 14.6 Å². The lowest BCUT2D eigenvalue weighted by atomic mass is 9.91. The van der Waals surface area contributed by atoms with Gasteiger partial charge in [-0.25, -0.2) is 0 Å². The summed E-state index contributed by atoms with van der Waals surface area (Å²) in [4.78, 5) is 18.3. The molecule has 1 amide bonds. The second-order valence-corrected chi connectivity index (χ2v) is 6.03. The molecule has 6 nitrogen and oxygen atoms in total. The van der Waals surface area contributed by atoms with E-state index in [1.165, 1.54) is 0 Å². The highest BCUT2D eigenvalue weighted by molar-refractivity contribution is 5.93. The minimum absolute atomic E-state index is 0.107. The van der Waals surface area contributed by atoms with Crippen LogP contribution < -0.4 is 5.32 Å². The summed E-state index contributed by atoms with van der Waals surface area (Å²) in [6.45, 7) is 2.99. The van der Waals surface area contributed by atoms with E-state index in [0.717, 1.165) is 31.6 Å². The molecule has 0 radical (unpaired) electrons. The predicted molar refractivity (Wildman–Crippen MR) is 81.8 cm³/mol. The Morgan fingerprint density at radius 3 is 2.68 bits per heavy atom. The van der Waals surface area contributed by atoms with Crippen molar-refractivity contribution >= 4 is 5.91 Å². The standard InChI is InChI=1S/C16H23N3O3/c1-17-16(21)12-2-3-13(18-8-12)11-4-6-19(7-5-11)14-9-22-10-15(14)20/h2-3,8,11,14-15,20H,4-7,9-10H2,1H3,(H,17,21)/t14-,15+/m0/s1. The molecule has 6 heteroatoms. The lowest BCUT2D eigenvalue weighted by molar-refractivity contribution is 0.0660. The summed E-state index contributed by atoms with van der Waals surface area (Å²) in [5.74, 6) is 0.318. The average molecular weight is 305 g/mol. The fourth-order valence-corrected chi connectivity index (χ4v) is 3.33. The van der Waals surface area contributed by atoms with Crippen LogP contribution in [0.15, 0.2) is 18.3 Å². The number of likely N-dealkylation sites (tertiary alicyclic amines) is 1. The summed E-state index contributed by atoms with van der Waals surface area (Å²) in [5, 5.41) is 12.5. The van der Waals surface area contributed by atoms with Crippen molar-refractivity contribution in [3.63, 3.8) is 0 Å². The zero-order valence-electron chi connectivity index (χ0n) is 12.9. The summed E-state index contributed by atoms with van der Waals surface area (Å²) in [6.07, 6.45) is 3.33. The van der Waals surface area contributed by atoms with Crippen LogP contribution in [-0.2, 0) is 4.74 Å². The van der Waals surface area contributed by atoms with Gasteiger partial charge < -0.3 is 15.2 Å². The van der Waals surface area contributed by atoms with Crippen molar-refractivity contribution in [2.24, 2.45) is 0 Å². The van der Waals surface area contributed by atoms with Gasteiger partial charge in [0, 0.05) is 24.9 Å². The molecule has 0 saturated carbocycles. The van der Waals surface area contributed by atoms with Gasteiger partial charge in [-0.2, -0.15) is 0 Å². The maximum absolute atomic E-state index is 11.5. The van der Waals surface area contributed by atoms with E-state index in [1.54, 1.807) is 13.2 Å². The van der Waals surface area contributed by atoms with Crippen LogP contribution in [0.2, 0.25) is 0 Å². The topological polar surface area (TPSA) is 74.7 Å². The summed E-state index contributed by atoms with van der Waals surface area (Å²) in [7, 11) is 1.62. The molecule has 0 unspecified atom stereocenters. The number of carbonyl (C=O) groups is 1. The SMILES string of the molecule is CNC(=O)c1ccc(C2CCN([C@H]3COC[C@H]3O)CC2)nc1. The number of amides is 1. The molecule has 3 rings (SSSR count). The fraction of sp³-hybridized carbons (Fsp3) is 0.625. The van der Waals surface area contributed by atoms with E-state index < -0.39 is 0 Å². The molecule has 2 atom stereocenters. The number of piperidine rings is 1. The summed E-state index contributed by atoms with van der Waals surface area (Å²) < 4.78 is 5.34. The Bertz CT molecular complexity index is 512. The summed E-state index contributed by atoms with van der Waals surface area (Å²) in [5.41, 5.74) is 1.64. The number of aliphatic hydroxyl groups is 1. The summed E-state index contributed by atoms with van der Waals surface area (Å²) in [6, 6.07) is 3.94. The number of carbonyl (C=O) groups excluding carboxylic acids is 1. The molecule has 0 aromatic carbocycles. The molecule has 2 aliphatic heterocycles. The van der Waals surface area contributed by atoms with Crippen LogP contribution in [0.5, 0.6) is 0 Å². The number of aliphatic hydroxyl groups excluding tert-OH is 1. The van der Waals surface area contributed by atoms with Crippen molar-refractivity contribution in [2.75, 3.05) is 33.4 Å². The molecule has 2 aliphatic rings. The van der Waals surface area contributed by atoms with Crippen molar-refractivity contribution in [1.82, 2.24) is 15.2 Å². The van der Waals surface area contributed by atoms with E-state index in [0.29, 0.717) is 24.7 Å². The van der Waals surface area contributed by atoms with Gasteiger partial charge in [-0.15, -0.1) is 0 Å². The third-order valence-electron chi connectivity index (χ3n) is 4.71. The van der Waals surface area contributed by atoms with Crippen LogP contribution in [0.25, 0.3) is 0 Å². The summed E-state index contributed by atoms with van der Waals surface area (Å²) >= 11 is 0. The Morgan fingerprint density at radius 1 is 1.36 bits per heavy atom. The van der Waals surface area contributed by atoms with Crippen LogP contribution >= 0.6 is 0 Å². The minimum atomic E-state index is -0.360. The first-order valence-corrected chi connectivity index (χ1v) is 7.87. The van der Waals surface area contributed by atoms with E-state index in [9.17, 15) is 9.90 Å². The molecular formula is C16H23N3O3. The van der Waals surface area contributed by atoms with E-state index in [-0.39, 0.29) is 18.1 Å². The van der Waals surface area contributed by atoms with Crippen LogP contribution in [0.4, 0.5) is 0 Å². The van der Waals surface area contributed by atoms with Crippen LogP contribution in [0.3, 0.4) is 0 Å². The van der Waals surface area contributed by atoms with Gasteiger partial charge in [-0.3, -0.25) is 14.7 Å². The molecule has 1 aromatic heterocycles. The van der Waals surface area contributed by atoms with Gasteiger partial charge in [0.25, 0.3) is 5.91 Å². The minimum Gasteiger partial charge on any atom is -0.389 e. The number of hydrogen-bond donors (Lipinski definition) is 2. The van der Waals surface area contributed by atoms with Gasteiger partial charge in [-0.05, 0) is 38.1 Å². The third-order valence-corrected chi connectivity index (χ3v) is 4.71. The normalized spacial score (nSPS) is 27.0. The van der Waals surface area contributed by atoms with Gasteiger partial charge in [0.15, 0.2) is 0 Å².